The van der Waals surface area contributed by atoms with Gasteiger partial charge in [-0.2, -0.15) is 0 Å². The molecule has 5 heteroatoms. The smallest absolute Gasteiger partial charge is 0.179 e. The fourth-order valence-electron chi connectivity index (χ4n) is 3.14. The highest BCUT2D eigenvalue weighted by Crippen LogP contribution is 2.40. The van der Waals surface area contributed by atoms with E-state index in [1.165, 1.54) is 32.6 Å². The molecule has 0 amide bonds. The van der Waals surface area contributed by atoms with Crippen LogP contribution in [0, 0.1) is 0 Å². The number of hydrogen-bond acceptors (Lipinski definition) is 4. The number of sulfone groups is 1. The van der Waals surface area contributed by atoms with E-state index < -0.39 is 9.84 Å². The molecule has 4 nitrogen and oxygen atoms in total. The lowest BCUT2D eigenvalue weighted by molar-refractivity contribution is 0.299. The molecular weight excluding hydrogens is 274 g/mol. The van der Waals surface area contributed by atoms with Gasteiger partial charge in [-0.05, 0) is 30.5 Å². The molecule has 1 aromatic rings. The van der Waals surface area contributed by atoms with Gasteiger partial charge < -0.3 is 10.5 Å². The van der Waals surface area contributed by atoms with Crippen molar-refractivity contribution in [2.24, 2.45) is 5.73 Å². The van der Waals surface area contributed by atoms with E-state index in [1.54, 1.807) is 6.07 Å². The van der Waals surface area contributed by atoms with Crippen molar-refractivity contribution in [2.45, 2.75) is 42.4 Å². The molecule has 1 fully saturated rings. The first-order valence-electron chi connectivity index (χ1n) is 7.02. The Morgan fingerprint density at radius 3 is 2.40 bits per heavy atom. The second-order valence-electron chi connectivity index (χ2n) is 5.68. The van der Waals surface area contributed by atoms with Crippen molar-refractivity contribution in [1.29, 1.82) is 0 Å². The third kappa shape index (κ3) is 2.83. The Labute approximate surface area is 121 Å². The minimum Gasteiger partial charge on any atom is -0.495 e. The molecule has 0 unspecified atom stereocenters. The number of benzene rings is 1. The highest BCUT2D eigenvalue weighted by Gasteiger charge is 2.33. The Bertz CT molecular complexity index is 575. The third-order valence-electron chi connectivity index (χ3n) is 4.38. The van der Waals surface area contributed by atoms with Crippen LogP contribution in [0.3, 0.4) is 0 Å². The molecule has 2 N–H and O–H groups in total. The summed E-state index contributed by atoms with van der Waals surface area (Å²) < 4.78 is 28.8. The van der Waals surface area contributed by atoms with E-state index in [9.17, 15) is 8.42 Å². The number of ether oxygens (including phenoxy) is 1. The summed E-state index contributed by atoms with van der Waals surface area (Å²) in [7, 11) is -1.77. The minimum absolute atomic E-state index is 0.0262. The van der Waals surface area contributed by atoms with Crippen molar-refractivity contribution >= 4 is 9.84 Å². The molecular formula is C15H23NO3S. The summed E-state index contributed by atoms with van der Waals surface area (Å²) in [5.41, 5.74) is 7.10. The number of hydrogen-bond donors (Lipinski definition) is 1. The van der Waals surface area contributed by atoms with Crippen LogP contribution in [0.5, 0.6) is 5.75 Å². The predicted molar refractivity (Wildman–Crippen MR) is 79.9 cm³/mol. The van der Waals surface area contributed by atoms with Gasteiger partial charge in [0.1, 0.15) is 10.6 Å². The molecule has 0 atom stereocenters. The summed E-state index contributed by atoms with van der Waals surface area (Å²) in [5, 5.41) is 0. The third-order valence-corrected chi connectivity index (χ3v) is 5.51. The molecule has 1 saturated carbocycles. The molecule has 0 aliphatic heterocycles. The van der Waals surface area contributed by atoms with Gasteiger partial charge in [0.25, 0.3) is 0 Å². The number of methoxy groups -OCH3 is 1. The van der Waals surface area contributed by atoms with E-state index in [0.29, 0.717) is 12.3 Å². The van der Waals surface area contributed by atoms with Crippen LogP contribution < -0.4 is 10.5 Å². The Kier molecular flexibility index (Phi) is 4.39. The van der Waals surface area contributed by atoms with Crippen LogP contribution in [-0.4, -0.2) is 28.3 Å². The van der Waals surface area contributed by atoms with E-state index in [0.717, 1.165) is 18.4 Å². The van der Waals surface area contributed by atoms with Crippen molar-refractivity contribution in [3.8, 4) is 5.75 Å². The highest BCUT2D eigenvalue weighted by atomic mass is 32.2. The quantitative estimate of drug-likeness (QED) is 0.925. The van der Waals surface area contributed by atoms with E-state index in [1.807, 2.05) is 12.1 Å². The largest absolute Gasteiger partial charge is 0.495 e. The van der Waals surface area contributed by atoms with Gasteiger partial charge in [-0.3, -0.25) is 0 Å². The molecule has 0 saturated heterocycles. The molecule has 0 aromatic heterocycles. The standard InChI is InChI=1S/C15H23NO3S/c1-19-13-10-12(6-7-14(13)20(2,17)18)15(11-16)8-4-3-5-9-15/h6-7,10H,3-5,8-9,11,16H2,1-2H3. The highest BCUT2D eigenvalue weighted by molar-refractivity contribution is 7.90. The van der Waals surface area contributed by atoms with Gasteiger partial charge in [-0.15, -0.1) is 0 Å². The summed E-state index contributed by atoms with van der Waals surface area (Å²) >= 11 is 0. The molecule has 1 aliphatic carbocycles. The lowest BCUT2D eigenvalue weighted by Gasteiger charge is -2.37. The van der Waals surface area contributed by atoms with Crippen LogP contribution in [0.1, 0.15) is 37.7 Å². The second kappa shape index (κ2) is 5.74. The fraction of sp³-hybridized carbons (Fsp3) is 0.600. The van der Waals surface area contributed by atoms with Gasteiger partial charge in [-0.25, -0.2) is 8.42 Å². The first-order valence-corrected chi connectivity index (χ1v) is 8.91. The summed E-state index contributed by atoms with van der Waals surface area (Å²) in [4.78, 5) is 0.242. The SMILES string of the molecule is COc1cc(C2(CN)CCCCC2)ccc1S(C)(=O)=O. The van der Waals surface area contributed by atoms with Gasteiger partial charge in [0.05, 0.1) is 7.11 Å². The Morgan fingerprint density at radius 2 is 1.90 bits per heavy atom. The number of nitrogens with two attached hydrogens (primary N) is 1. The van der Waals surface area contributed by atoms with Gasteiger partial charge in [0, 0.05) is 18.2 Å². The first kappa shape index (κ1) is 15.3. The van der Waals surface area contributed by atoms with Crippen molar-refractivity contribution in [2.75, 3.05) is 19.9 Å². The lowest BCUT2D eigenvalue weighted by Crippen LogP contribution is -2.37. The average molecular weight is 297 g/mol. The zero-order chi connectivity index (χ0) is 14.8. The lowest BCUT2D eigenvalue weighted by atomic mass is 9.69. The van der Waals surface area contributed by atoms with Gasteiger partial charge >= 0.3 is 0 Å². The summed E-state index contributed by atoms with van der Waals surface area (Å²) in [6.07, 6.45) is 6.92. The second-order valence-corrected chi connectivity index (χ2v) is 7.67. The van der Waals surface area contributed by atoms with Gasteiger partial charge in [0.15, 0.2) is 9.84 Å². The van der Waals surface area contributed by atoms with E-state index in [2.05, 4.69) is 0 Å². The predicted octanol–water partition coefficient (Wildman–Crippen LogP) is 2.26. The summed E-state index contributed by atoms with van der Waals surface area (Å²) in [5.74, 6) is 0.420. The van der Waals surface area contributed by atoms with Gasteiger partial charge in [-0.1, -0.05) is 25.3 Å². The molecule has 112 valence electrons. The average Bonchev–Trinajstić information content (AvgIpc) is 2.46. The molecule has 2 rings (SSSR count). The van der Waals surface area contributed by atoms with Crippen molar-refractivity contribution in [1.82, 2.24) is 0 Å². The molecule has 0 bridgehead atoms. The van der Waals surface area contributed by atoms with Crippen LogP contribution in [0.15, 0.2) is 23.1 Å². The van der Waals surface area contributed by atoms with Gasteiger partial charge in [0.2, 0.25) is 0 Å². The van der Waals surface area contributed by atoms with Crippen LogP contribution in [-0.2, 0) is 15.3 Å². The topological polar surface area (TPSA) is 69.4 Å². The molecule has 1 aliphatic rings. The first-order chi connectivity index (χ1) is 9.43. The zero-order valence-electron chi connectivity index (χ0n) is 12.2. The van der Waals surface area contributed by atoms with E-state index in [4.69, 9.17) is 10.5 Å². The maximum Gasteiger partial charge on any atom is 0.179 e. The summed E-state index contributed by atoms with van der Waals surface area (Å²) in [6.45, 7) is 0.592. The van der Waals surface area contributed by atoms with E-state index >= 15 is 0 Å². The monoisotopic (exact) mass is 297 g/mol. The van der Waals surface area contributed by atoms with Crippen LogP contribution in [0.2, 0.25) is 0 Å². The number of rotatable bonds is 4. The molecule has 0 radical (unpaired) electrons. The summed E-state index contributed by atoms with van der Waals surface area (Å²) in [6, 6.07) is 5.40. The molecule has 0 heterocycles. The van der Waals surface area contributed by atoms with Crippen LogP contribution in [0.4, 0.5) is 0 Å². The maximum absolute atomic E-state index is 11.7. The van der Waals surface area contributed by atoms with Crippen molar-refractivity contribution in [3.05, 3.63) is 23.8 Å². The molecule has 0 spiro atoms. The normalized spacial score (nSPS) is 18.8. The van der Waals surface area contributed by atoms with Crippen LogP contribution >= 0.6 is 0 Å². The maximum atomic E-state index is 11.7. The van der Waals surface area contributed by atoms with Crippen molar-refractivity contribution < 1.29 is 13.2 Å². The Hall–Kier alpha value is -1.07. The minimum atomic E-state index is -3.28. The van der Waals surface area contributed by atoms with E-state index in [-0.39, 0.29) is 10.3 Å². The Morgan fingerprint density at radius 1 is 1.25 bits per heavy atom. The molecule has 20 heavy (non-hydrogen) atoms. The zero-order valence-corrected chi connectivity index (χ0v) is 13.0. The van der Waals surface area contributed by atoms with Crippen LogP contribution in [0.25, 0.3) is 0 Å². The Balaban J connectivity index is 2.48. The van der Waals surface area contributed by atoms with Crippen molar-refractivity contribution in [3.63, 3.8) is 0 Å². The molecule has 1 aromatic carbocycles. The fourth-order valence-corrected chi connectivity index (χ4v) is 3.97.